The molecule has 0 spiro atoms. The first-order valence-electron chi connectivity index (χ1n) is 5.05. The Hall–Kier alpha value is -2.16. The van der Waals surface area contributed by atoms with Crippen LogP contribution >= 0.6 is 0 Å². The first-order chi connectivity index (χ1) is 7.90. The Balaban J connectivity index is 2.34. The zero-order valence-corrected chi connectivity index (χ0v) is 9.08. The summed E-state index contributed by atoms with van der Waals surface area (Å²) in [7, 11) is 1.62. The minimum Gasteiger partial charge on any atom is -0.477 e. The number of nitrogens with zero attached hydrogens (tertiary/aromatic N) is 2. The molecule has 2 aromatic rings. The lowest BCUT2D eigenvalue weighted by Crippen LogP contribution is -2.28. The molecule has 0 aliphatic heterocycles. The van der Waals surface area contributed by atoms with Gasteiger partial charge in [0.05, 0.1) is 7.11 Å². The van der Waals surface area contributed by atoms with E-state index in [9.17, 15) is 0 Å². The van der Waals surface area contributed by atoms with E-state index in [0.717, 1.165) is 5.56 Å². The number of aromatic nitrogens is 1. The number of pyridine rings is 1. The van der Waals surface area contributed by atoms with Crippen LogP contribution in [0.15, 0.2) is 66.0 Å². The van der Waals surface area contributed by atoms with E-state index in [4.69, 9.17) is 4.74 Å². The van der Waals surface area contributed by atoms with Gasteiger partial charge in [0.25, 0.3) is 5.90 Å². The molecule has 16 heavy (non-hydrogen) atoms. The molecule has 3 heteroatoms. The maximum atomic E-state index is 5.27. The van der Waals surface area contributed by atoms with E-state index >= 15 is 0 Å². The smallest absolute Gasteiger partial charge is 0.286 e. The van der Waals surface area contributed by atoms with Crippen LogP contribution in [0, 0.1) is 0 Å². The van der Waals surface area contributed by atoms with Crippen molar-refractivity contribution in [3.05, 3.63) is 66.5 Å². The minimum atomic E-state index is 0.594. The summed E-state index contributed by atoms with van der Waals surface area (Å²) in [4.78, 5) is 0. The van der Waals surface area contributed by atoms with Gasteiger partial charge in [-0.3, -0.25) is 0 Å². The summed E-state index contributed by atoms with van der Waals surface area (Å²) in [6.07, 6.45) is 3.73. The molecule has 0 aliphatic carbocycles. The normalized spacial score (nSPS) is 11.2. The zero-order chi connectivity index (χ0) is 11.2. The molecule has 0 atom stereocenters. The Morgan fingerprint density at radius 3 is 2.25 bits per heavy atom. The first-order valence-corrected chi connectivity index (χ1v) is 5.05. The second-order valence-electron chi connectivity index (χ2n) is 3.23. The Morgan fingerprint density at radius 1 is 1.00 bits per heavy atom. The van der Waals surface area contributed by atoms with Crippen LogP contribution in [0.3, 0.4) is 0 Å². The highest BCUT2D eigenvalue weighted by Gasteiger charge is 2.06. The van der Waals surface area contributed by atoms with Gasteiger partial charge in [-0.05, 0) is 12.1 Å². The van der Waals surface area contributed by atoms with Crippen LogP contribution < -0.4 is 4.68 Å². The summed E-state index contributed by atoms with van der Waals surface area (Å²) >= 11 is 0. The van der Waals surface area contributed by atoms with Crippen molar-refractivity contribution in [2.45, 2.75) is 0 Å². The summed E-state index contributed by atoms with van der Waals surface area (Å²) in [6.45, 7) is 0. The van der Waals surface area contributed by atoms with Crippen LogP contribution in [0.25, 0.3) is 0 Å². The van der Waals surface area contributed by atoms with Crippen LogP contribution in [0.4, 0.5) is 0 Å². The fraction of sp³-hybridized carbons (Fsp3) is 0.0769. The van der Waals surface area contributed by atoms with Gasteiger partial charge in [-0.2, -0.15) is 0 Å². The lowest BCUT2D eigenvalue weighted by atomic mass is 10.2. The van der Waals surface area contributed by atoms with Crippen LogP contribution in [-0.2, 0) is 4.74 Å². The Labute approximate surface area is 94.6 Å². The molecule has 1 heterocycles. The number of methoxy groups -OCH3 is 1. The zero-order valence-electron chi connectivity index (χ0n) is 9.08. The molecule has 0 saturated carbocycles. The topological polar surface area (TPSA) is 25.5 Å². The van der Waals surface area contributed by atoms with E-state index in [0.29, 0.717) is 5.90 Å². The molecule has 0 fully saturated rings. The molecule has 0 unspecified atom stereocenters. The van der Waals surface area contributed by atoms with Crippen molar-refractivity contribution < 1.29 is 9.41 Å². The first kappa shape index (κ1) is 10.4. The van der Waals surface area contributed by atoms with Gasteiger partial charge in [0.1, 0.15) is 0 Å². The molecule has 3 nitrogen and oxygen atoms in total. The van der Waals surface area contributed by atoms with E-state index in [1.54, 1.807) is 11.8 Å². The van der Waals surface area contributed by atoms with Crippen molar-refractivity contribution in [2.75, 3.05) is 7.11 Å². The highest BCUT2D eigenvalue weighted by molar-refractivity contribution is 5.93. The second kappa shape index (κ2) is 5.07. The molecule has 0 N–H and O–H groups in total. The summed E-state index contributed by atoms with van der Waals surface area (Å²) in [5, 5.41) is 4.36. The van der Waals surface area contributed by atoms with E-state index in [2.05, 4.69) is 5.10 Å². The summed E-state index contributed by atoms with van der Waals surface area (Å²) in [5.74, 6) is 0.594. The lowest BCUT2D eigenvalue weighted by Gasteiger charge is -2.00. The van der Waals surface area contributed by atoms with Gasteiger partial charge in [-0.25, -0.2) is 0 Å². The van der Waals surface area contributed by atoms with Gasteiger partial charge in [-0.1, -0.05) is 28.9 Å². The van der Waals surface area contributed by atoms with E-state index < -0.39 is 0 Å². The van der Waals surface area contributed by atoms with Gasteiger partial charge in [0, 0.05) is 22.8 Å². The number of hydrogen-bond acceptors (Lipinski definition) is 2. The molecule has 80 valence electrons. The largest absolute Gasteiger partial charge is 0.477 e. The number of benzene rings is 1. The van der Waals surface area contributed by atoms with Crippen molar-refractivity contribution in [2.24, 2.45) is 5.10 Å². The third-order valence-corrected chi connectivity index (χ3v) is 2.12. The van der Waals surface area contributed by atoms with Gasteiger partial charge >= 0.3 is 0 Å². The molecule has 0 bridgehead atoms. The quantitative estimate of drug-likeness (QED) is 0.424. The molecule has 1 aromatic carbocycles. The third-order valence-electron chi connectivity index (χ3n) is 2.12. The molecule has 0 amide bonds. The van der Waals surface area contributed by atoms with Crippen molar-refractivity contribution in [3.8, 4) is 0 Å². The number of rotatable bonds is 2. The fourth-order valence-corrected chi connectivity index (χ4v) is 1.36. The number of ether oxygens (including phenoxy) is 1. The third kappa shape index (κ3) is 2.45. The fourth-order valence-electron chi connectivity index (χ4n) is 1.36. The van der Waals surface area contributed by atoms with E-state index in [1.807, 2.05) is 60.9 Å². The molecule has 0 aliphatic rings. The van der Waals surface area contributed by atoms with Crippen LogP contribution in [0.5, 0.6) is 0 Å². The van der Waals surface area contributed by atoms with Crippen LogP contribution in [-0.4, -0.2) is 13.0 Å². The standard InChI is InChI=1S/C13H13N2O/c1-16-13(12-8-4-2-5-9-12)14-15-10-6-3-7-11-15/h2-11H,1H3/q+1. The van der Waals surface area contributed by atoms with Crippen molar-refractivity contribution in [1.82, 2.24) is 0 Å². The summed E-state index contributed by atoms with van der Waals surface area (Å²) < 4.78 is 6.98. The number of hydrogen-bond donors (Lipinski definition) is 0. The Morgan fingerprint density at radius 2 is 1.62 bits per heavy atom. The monoisotopic (exact) mass is 213 g/mol. The second-order valence-corrected chi connectivity index (χ2v) is 3.23. The minimum absolute atomic E-state index is 0.594. The van der Waals surface area contributed by atoms with Gasteiger partial charge in [0.15, 0.2) is 0 Å². The van der Waals surface area contributed by atoms with E-state index in [1.165, 1.54) is 0 Å². The molecule has 0 radical (unpaired) electrons. The van der Waals surface area contributed by atoms with Gasteiger partial charge in [-0.15, -0.1) is 0 Å². The average molecular weight is 213 g/mol. The molecule has 0 saturated heterocycles. The van der Waals surface area contributed by atoms with Gasteiger partial charge < -0.3 is 4.74 Å². The van der Waals surface area contributed by atoms with Crippen LogP contribution in [0.1, 0.15) is 5.56 Å². The maximum absolute atomic E-state index is 5.27. The molecular formula is C13H13N2O+. The SMILES string of the molecule is COC(=N[n+]1ccccc1)c1ccccc1. The highest BCUT2D eigenvalue weighted by Crippen LogP contribution is 2.00. The van der Waals surface area contributed by atoms with Crippen molar-refractivity contribution in [1.29, 1.82) is 0 Å². The summed E-state index contributed by atoms with van der Waals surface area (Å²) in [6, 6.07) is 15.6. The summed E-state index contributed by atoms with van der Waals surface area (Å²) in [5.41, 5.74) is 0.960. The predicted molar refractivity (Wildman–Crippen MR) is 62.0 cm³/mol. The predicted octanol–water partition coefficient (Wildman–Crippen LogP) is 1.83. The Kier molecular flexibility index (Phi) is 3.28. The van der Waals surface area contributed by atoms with Crippen molar-refractivity contribution >= 4 is 5.90 Å². The van der Waals surface area contributed by atoms with Gasteiger partial charge in [0.2, 0.25) is 12.4 Å². The lowest BCUT2D eigenvalue weighted by molar-refractivity contribution is -0.679. The highest BCUT2D eigenvalue weighted by atomic mass is 16.5. The van der Waals surface area contributed by atoms with Crippen LogP contribution in [0.2, 0.25) is 0 Å². The van der Waals surface area contributed by atoms with Crippen molar-refractivity contribution in [3.63, 3.8) is 0 Å². The van der Waals surface area contributed by atoms with E-state index in [-0.39, 0.29) is 0 Å². The molecular weight excluding hydrogens is 200 g/mol. The Bertz CT molecular complexity index is 466. The molecule has 1 aromatic heterocycles. The molecule has 2 rings (SSSR count). The average Bonchev–Trinajstić information content (AvgIpc) is 2.38. The maximum Gasteiger partial charge on any atom is 0.286 e.